The largest absolute Gasteiger partial charge is 0.374 e. The molecule has 0 atom stereocenters. The summed E-state index contributed by atoms with van der Waals surface area (Å²) in [6.45, 7) is 3.77. The summed E-state index contributed by atoms with van der Waals surface area (Å²) >= 11 is 0. The summed E-state index contributed by atoms with van der Waals surface area (Å²) in [7, 11) is 0. The average molecular weight is 283 g/mol. The Morgan fingerprint density at radius 1 is 1.35 bits per heavy atom. The Morgan fingerprint density at radius 2 is 2.15 bits per heavy atom. The number of ether oxygens (including phenoxy) is 1. The molecule has 0 amide bonds. The molecule has 2 rings (SSSR count). The molecule has 0 aliphatic carbocycles. The third-order valence-electron chi connectivity index (χ3n) is 2.99. The number of alkyl halides is 2. The number of rotatable bonds is 8. The molecule has 110 valence electrons. The second kappa shape index (κ2) is 7.31. The van der Waals surface area contributed by atoms with Gasteiger partial charge in [-0.3, -0.25) is 4.68 Å². The molecule has 1 aromatic heterocycles. The maximum atomic E-state index is 11.9. The zero-order chi connectivity index (χ0) is 14.4. The van der Waals surface area contributed by atoms with Crippen LogP contribution in [0.3, 0.4) is 0 Å². The maximum Gasteiger partial charge on any atom is 0.261 e. The minimum absolute atomic E-state index is 0.275. The molecule has 0 spiro atoms. The first kappa shape index (κ1) is 14.9. The van der Waals surface area contributed by atoms with Crippen LogP contribution in [0.4, 0.5) is 8.78 Å². The highest BCUT2D eigenvalue weighted by atomic mass is 19.3. The SMILES string of the molecule is CCn1nc(CNCCOCC(F)F)c2ccccc21. The van der Waals surface area contributed by atoms with Gasteiger partial charge in [0.1, 0.15) is 6.61 Å². The Bertz CT molecular complexity index is 542. The molecule has 0 bridgehead atoms. The van der Waals surface area contributed by atoms with Gasteiger partial charge in [-0.1, -0.05) is 18.2 Å². The van der Waals surface area contributed by atoms with Gasteiger partial charge in [0.15, 0.2) is 0 Å². The lowest BCUT2D eigenvalue weighted by Crippen LogP contribution is -2.21. The Kier molecular flexibility index (Phi) is 5.43. The summed E-state index contributed by atoms with van der Waals surface area (Å²) in [6, 6.07) is 8.06. The predicted molar refractivity (Wildman–Crippen MR) is 73.9 cm³/mol. The van der Waals surface area contributed by atoms with Gasteiger partial charge >= 0.3 is 0 Å². The van der Waals surface area contributed by atoms with Crippen molar-refractivity contribution in [3.63, 3.8) is 0 Å². The normalized spacial score (nSPS) is 11.6. The first-order valence-electron chi connectivity index (χ1n) is 6.73. The molecular formula is C14H19F2N3O. The lowest BCUT2D eigenvalue weighted by Gasteiger charge is -2.04. The maximum absolute atomic E-state index is 11.9. The van der Waals surface area contributed by atoms with Crippen LogP contribution >= 0.6 is 0 Å². The topological polar surface area (TPSA) is 39.1 Å². The lowest BCUT2D eigenvalue weighted by molar-refractivity contribution is 0.0187. The minimum atomic E-state index is -2.40. The molecule has 20 heavy (non-hydrogen) atoms. The fourth-order valence-corrected chi connectivity index (χ4v) is 2.09. The third-order valence-corrected chi connectivity index (χ3v) is 2.99. The molecular weight excluding hydrogens is 264 g/mol. The molecule has 4 nitrogen and oxygen atoms in total. The monoisotopic (exact) mass is 283 g/mol. The molecule has 1 aromatic carbocycles. The number of para-hydroxylation sites is 1. The van der Waals surface area contributed by atoms with Crippen molar-refractivity contribution < 1.29 is 13.5 Å². The van der Waals surface area contributed by atoms with Crippen LogP contribution in [-0.2, 0) is 17.8 Å². The van der Waals surface area contributed by atoms with Gasteiger partial charge in [0.05, 0.1) is 17.8 Å². The molecule has 0 radical (unpaired) electrons. The van der Waals surface area contributed by atoms with E-state index in [0.717, 1.165) is 23.1 Å². The highest BCUT2D eigenvalue weighted by Crippen LogP contribution is 2.17. The molecule has 1 N–H and O–H groups in total. The quantitative estimate of drug-likeness (QED) is 0.756. The molecule has 0 aliphatic heterocycles. The molecule has 0 saturated heterocycles. The summed E-state index contributed by atoms with van der Waals surface area (Å²) in [4.78, 5) is 0. The zero-order valence-electron chi connectivity index (χ0n) is 11.5. The first-order chi connectivity index (χ1) is 9.72. The van der Waals surface area contributed by atoms with Crippen LogP contribution in [0.1, 0.15) is 12.6 Å². The van der Waals surface area contributed by atoms with Crippen molar-refractivity contribution in [3.8, 4) is 0 Å². The Labute approximate surface area is 116 Å². The van der Waals surface area contributed by atoms with Gasteiger partial charge in [0, 0.05) is 25.0 Å². The Balaban J connectivity index is 1.87. The lowest BCUT2D eigenvalue weighted by atomic mass is 10.2. The van der Waals surface area contributed by atoms with Gasteiger partial charge in [0.25, 0.3) is 6.43 Å². The van der Waals surface area contributed by atoms with Crippen molar-refractivity contribution in [1.29, 1.82) is 0 Å². The molecule has 2 aromatic rings. The smallest absolute Gasteiger partial charge is 0.261 e. The van der Waals surface area contributed by atoms with Gasteiger partial charge in [0.2, 0.25) is 0 Å². The van der Waals surface area contributed by atoms with Crippen LogP contribution in [0.25, 0.3) is 10.9 Å². The average Bonchev–Trinajstić information content (AvgIpc) is 2.81. The highest BCUT2D eigenvalue weighted by Gasteiger charge is 2.08. The van der Waals surface area contributed by atoms with Crippen LogP contribution in [0, 0.1) is 0 Å². The van der Waals surface area contributed by atoms with Gasteiger partial charge in [-0.2, -0.15) is 5.10 Å². The number of aryl methyl sites for hydroxylation is 1. The summed E-state index contributed by atoms with van der Waals surface area (Å²) in [5, 5.41) is 8.83. The van der Waals surface area contributed by atoms with E-state index >= 15 is 0 Å². The number of benzene rings is 1. The summed E-state index contributed by atoms with van der Waals surface area (Å²) in [6.07, 6.45) is -2.40. The molecule has 0 aliphatic rings. The van der Waals surface area contributed by atoms with Crippen molar-refractivity contribution in [1.82, 2.24) is 15.1 Å². The molecule has 0 unspecified atom stereocenters. The second-order valence-corrected chi connectivity index (χ2v) is 4.42. The van der Waals surface area contributed by atoms with Crippen LogP contribution in [0.2, 0.25) is 0 Å². The minimum Gasteiger partial charge on any atom is -0.374 e. The fraction of sp³-hybridized carbons (Fsp3) is 0.500. The number of nitrogens with zero attached hydrogens (tertiary/aromatic N) is 2. The van der Waals surface area contributed by atoms with Gasteiger partial charge in [-0.15, -0.1) is 0 Å². The second-order valence-electron chi connectivity index (χ2n) is 4.42. The summed E-state index contributed by atoms with van der Waals surface area (Å²) in [5.41, 5.74) is 2.08. The van der Waals surface area contributed by atoms with E-state index in [0.29, 0.717) is 13.1 Å². The predicted octanol–water partition coefficient (Wildman–Crippen LogP) is 2.43. The number of halogens is 2. The number of hydrogen-bond acceptors (Lipinski definition) is 3. The highest BCUT2D eigenvalue weighted by molar-refractivity contribution is 5.81. The van der Waals surface area contributed by atoms with Gasteiger partial charge in [-0.25, -0.2) is 8.78 Å². The zero-order valence-corrected chi connectivity index (χ0v) is 11.5. The van der Waals surface area contributed by atoms with Crippen molar-refractivity contribution in [2.24, 2.45) is 0 Å². The van der Waals surface area contributed by atoms with Gasteiger partial charge in [-0.05, 0) is 13.0 Å². The van der Waals surface area contributed by atoms with Gasteiger partial charge < -0.3 is 10.1 Å². The van der Waals surface area contributed by atoms with E-state index in [1.165, 1.54) is 0 Å². The van der Waals surface area contributed by atoms with E-state index in [2.05, 4.69) is 17.3 Å². The third kappa shape index (κ3) is 3.74. The Hall–Kier alpha value is -1.53. The van der Waals surface area contributed by atoms with Crippen molar-refractivity contribution in [2.45, 2.75) is 26.4 Å². The number of aromatic nitrogens is 2. The number of nitrogens with one attached hydrogen (secondary N) is 1. The fourth-order valence-electron chi connectivity index (χ4n) is 2.09. The molecule has 0 saturated carbocycles. The van der Waals surface area contributed by atoms with Crippen molar-refractivity contribution in [2.75, 3.05) is 19.8 Å². The molecule has 6 heteroatoms. The van der Waals surface area contributed by atoms with E-state index in [-0.39, 0.29) is 6.61 Å². The number of fused-ring (bicyclic) bond motifs is 1. The first-order valence-corrected chi connectivity index (χ1v) is 6.73. The molecule has 1 heterocycles. The summed E-state index contributed by atoms with van der Waals surface area (Å²) < 4.78 is 30.5. The van der Waals surface area contributed by atoms with E-state index in [1.54, 1.807) is 0 Å². The van der Waals surface area contributed by atoms with Crippen molar-refractivity contribution >= 4 is 10.9 Å². The molecule has 0 fully saturated rings. The standard InChI is InChI=1S/C14H19F2N3O/c1-2-19-13-6-4-3-5-11(13)12(18-19)9-17-7-8-20-10-14(15)16/h3-6,14,17H,2,7-10H2,1H3. The van der Waals surface area contributed by atoms with E-state index < -0.39 is 13.0 Å². The van der Waals surface area contributed by atoms with E-state index in [4.69, 9.17) is 4.74 Å². The summed E-state index contributed by atoms with van der Waals surface area (Å²) in [5.74, 6) is 0. The van der Waals surface area contributed by atoms with Crippen LogP contribution in [0.5, 0.6) is 0 Å². The van der Waals surface area contributed by atoms with Crippen LogP contribution < -0.4 is 5.32 Å². The van der Waals surface area contributed by atoms with Crippen molar-refractivity contribution in [3.05, 3.63) is 30.0 Å². The Morgan fingerprint density at radius 3 is 2.90 bits per heavy atom. The van der Waals surface area contributed by atoms with E-state index in [9.17, 15) is 8.78 Å². The van der Waals surface area contributed by atoms with Crippen LogP contribution in [-0.4, -0.2) is 36.0 Å². The van der Waals surface area contributed by atoms with Crippen LogP contribution in [0.15, 0.2) is 24.3 Å². The number of hydrogen-bond donors (Lipinski definition) is 1. The van der Waals surface area contributed by atoms with E-state index in [1.807, 2.05) is 28.9 Å².